The van der Waals surface area contributed by atoms with E-state index in [2.05, 4.69) is 24.3 Å². The monoisotopic (exact) mass is 340 g/mol. The number of carbonyl (C=O) groups is 1. The number of hydrogen-bond acceptors (Lipinski definition) is 3. The Morgan fingerprint density at radius 2 is 1.78 bits per heavy atom. The number of nitrogens with zero attached hydrogens (tertiary/aromatic N) is 1. The summed E-state index contributed by atoms with van der Waals surface area (Å²) in [7, 11) is 4.22. The molecule has 1 aliphatic rings. The Morgan fingerprint density at radius 3 is 2.35 bits per heavy atom. The number of hydrogen-bond donors (Lipinski definition) is 1. The van der Waals surface area contributed by atoms with Crippen LogP contribution in [0.15, 0.2) is 24.3 Å². The van der Waals surface area contributed by atoms with Crippen LogP contribution >= 0.6 is 12.4 Å². The average Bonchev–Trinajstić information content (AvgIpc) is 2.53. The minimum Gasteiger partial charge on any atom is -0.484 e. The largest absolute Gasteiger partial charge is 0.484 e. The van der Waals surface area contributed by atoms with Crippen molar-refractivity contribution in [3.05, 3.63) is 29.8 Å². The first kappa shape index (κ1) is 19.8. The van der Waals surface area contributed by atoms with Gasteiger partial charge in [0.15, 0.2) is 6.61 Å². The molecule has 0 unspecified atom stereocenters. The van der Waals surface area contributed by atoms with Crippen molar-refractivity contribution in [1.29, 1.82) is 0 Å². The Labute approximate surface area is 146 Å². The Kier molecular flexibility index (Phi) is 7.86. The highest BCUT2D eigenvalue weighted by Crippen LogP contribution is 2.31. The average molecular weight is 341 g/mol. The van der Waals surface area contributed by atoms with Crippen molar-refractivity contribution in [2.24, 2.45) is 0 Å². The van der Waals surface area contributed by atoms with Crippen molar-refractivity contribution in [3.63, 3.8) is 0 Å². The minimum absolute atomic E-state index is 0. The van der Waals surface area contributed by atoms with Gasteiger partial charge >= 0.3 is 0 Å². The third kappa shape index (κ3) is 5.70. The van der Waals surface area contributed by atoms with Crippen LogP contribution in [-0.4, -0.2) is 43.6 Å². The predicted molar refractivity (Wildman–Crippen MR) is 96.4 cm³/mol. The first-order valence-electron chi connectivity index (χ1n) is 8.15. The fraction of sp³-hybridized carbons (Fsp3) is 0.611. The van der Waals surface area contributed by atoms with E-state index in [0.717, 1.165) is 18.6 Å². The summed E-state index contributed by atoms with van der Waals surface area (Å²) in [5.41, 5.74) is 1.29. The highest BCUT2D eigenvalue weighted by Gasteiger charge is 2.34. The van der Waals surface area contributed by atoms with Gasteiger partial charge in [0.05, 0.1) is 0 Å². The summed E-state index contributed by atoms with van der Waals surface area (Å²) in [6.45, 7) is 2.81. The van der Waals surface area contributed by atoms with Crippen molar-refractivity contribution in [3.8, 4) is 5.75 Å². The van der Waals surface area contributed by atoms with E-state index in [-0.39, 0.29) is 30.5 Å². The van der Waals surface area contributed by atoms with E-state index in [0.29, 0.717) is 6.54 Å². The van der Waals surface area contributed by atoms with Crippen LogP contribution in [-0.2, 0) is 4.79 Å². The van der Waals surface area contributed by atoms with Crippen LogP contribution < -0.4 is 10.1 Å². The lowest BCUT2D eigenvalue weighted by Gasteiger charge is -2.43. The third-order valence-corrected chi connectivity index (χ3v) is 4.74. The zero-order chi connectivity index (χ0) is 16.0. The van der Waals surface area contributed by atoms with Gasteiger partial charge in [0.2, 0.25) is 0 Å². The molecule has 0 saturated heterocycles. The molecule has 1 N–H and O–H groups in total. The van der Waals surface area contributed by atoms with E-state index in [1.165, 1.54) is 24.8 Å². The molecule has 1 fully saturated rings. The molecule has 1 saturated carbocycles. The van der Waals surface area contributed by atoms with Crippen molar-refractivity contribution >= 4 is 18.3 Å². The molecular weight excluding hydrogens is 312 g/mol. The first-order valence-corrected chi connectivity index (χ1v) is 8.15. The topological polar surface area (TPSA) is 41.6 Å². The number of aryl methyl sites for hydroxylation is 1. The Hall–Kier alpha value is -1.26. The molecule has 0 aliphatic heterocycles. The van der Waals surface area contributed by atoms with Gasteiger partial charge in [-0.1, -0.05) is 37.0 Å². The molecule has 4 nitrogen and oxygen atoms in total. The molecule has 0 bridgehead atoms. The Morgan fingerprint density at radius 1 is 1.17 bits per heavy atom. The normalized spacial score (nSPS) is 16.5. The van der Waals surface area contributed by atoms with Gasteiger partial charge < -0.3 is 15.0 Å². The SMILES string of the molecule is Cc1ccc(OCC(=O)NCC2(N(C)C)CCCCC2)cc1.Cl. The molecule has 0 atom stereocenters. The maximum Gasteiger partial charge on any atom is 0.258 e. The molecule has 5 heteroatoms. The second-order valence-electron chi connectivity index (χ2n) is 6.56. The molecule has 23 heavy (non-hydrogen) atoms. The van der Waals surface area contributed by atoms with Crippen LogP contribution in [0.5, 0.6) is 5.75 Å². The number of rotatable bonds is 6. The predicted octanol–water partition coefficient (Wildman–Crippen LogP) is 3.18. The molecule has 1 aliphatic carbocycles. The van der Waals surface area contributed by atoms with Crippen LogP contribution in [0, 0.1) is 6.92 Å². The lowest BCUT2D eigenvalue weighted by molar-refractivity contribution is -0.123. The number of likely N-dealkylation sites (N-methyl/N-ethyl adjacent to an activating group) is 1. The quantitative estimate of drug-likeness (QED) is 0.864. The molecule has 2 rings (SSSR count). The van der Waals surface area contributed by atoms with Gasteiger partial charge in [0.25, 0.3) is 5.91 Å². The number of ether oxygens (including phenoxy) is 1. The zero-order valence-corrected chi connectivity index (χ0v) is 15.2. The first-order chi connectivity index (χ1) is 10.5. The highest BCUT2D eigenvalue weighted by atomic mass is 35.5. The number of nitrogens with one attached hydrogen (secondary N) is 1. The lowest BCUT2D eigenvalue weighted by Crippen LogP contribution is -2.54. The molecule has 0 heterocycles. The summed E-state index contributed by atoms with van der Waals surface area (Å²) >= 11 is 0. The summed E-state index contributed by atoms with van der Waals surface area (Å²) in [6, 6.07) is 7.75. The second-order valence-corrected chi connectivity index (χ2v) is 6.56. The maximum atomic E-state index is 12.0. The Bertz CT molecular complexity index is 482. The number of halogens is 1. The van der Waals surface area contributed by atoms with Gasteiger partial charge in [-0.3, -0.25) is 4.79 Å². The zero-order valence-electron chi connectivity index (χ0n) is 14.4. The molecule has 0 radical (unpaired) electrons. The summed E-state index contributed by atoms with van der Waals surface area (Å²) in [5.74, 6) is 0.688. The summed E-state index contributed by atoms with van der Waals surface area (Å²) in [5, 5.41) is 3.05. The number of carbonyl (C=O) groups excluding carboxylic acids is 1. The lowest BCUT2D eigenvalue weighted by atomic mass is 9.80. The van der Waals surface area contributed by atoms with E-state index >= 15 is 0 Å². The molecule has 0 aromatic heterocycles. The van der Waals surface area contributed by atoms with E-state index < -0.39 is 0 Å². The van der Waals surface area contributed by atoms with Gasteiger partial charge in [0, 0.05) is 12.1 Å². The van der Waals surface area contributed by atoms with Crippen LogP contribution in [0.1, 0.15) is 37.7 Å². The van der Waals surface area contributed by atoms with Crippen molar-refractivity contribution in [2.45, 2.75) is 44.6 Å². The van der Waals surface area contributed by atoms with Gasteiger partial charge in [-0.05, 0) is 46.0 Å². The van der Waals surface area contributed by atoms with E-state index in [1.54, 1.807) is 0 Å². The van der Waals surface area contributed by atoms with Gasteiger partial charge in [-0.25, -0.2) is 0 Å². The van der Waals surface area contributed by atoms with E-state index in [9.17, 15) is 4.79 Å². The number of amides is 1. The van der Waals surface area contributed by atoms with Crippen molar-refractivity contribution in [2.75, 3.05) is 27.2 Å². The third-order valence-electron chi connectivity index (χ3n) is 4.74. The fourth-order valence-corrected chi connectivity index (χ4v) is 3.09. The van der Waals surface area contributed by atoms with Crippen molar-refractivity contribution < 1.29 is 9.53 Å². The minimum atomic E-state index is -0.0487. The van der Waals surface area contributed by atoms with Gasteiger partial charge in [-0.15, -0.1) is 12.4 Å². The summed E-state index contributed by atoms with van der Waals surface area (Å²) < 4.78 is 5.53. The standard InChI is InChI=1S/C18H28N2O2.ClH/c1-15-7-9-16(10-8-15)22-13-17(21)19-14-18(20(2)3)11-5-4-6-12-18;/h7-10H,4-6,11-14H2,1-3H3,(H,19,21);1H. The van der Waals surface area contributed by atoms with E-state index in [1.807, 2.05) is 31.2 Å². The van der Waals surface area contributed by atoms with Gasteiger partial charge in [0.1, 0.15) is 5.75 Å². The molecular formula is C18H29ClN2O2. The highest BCUT2D eigenvalue weighted by molar-refractivity contribution is 5.85. The van der Waals surface area contributed by atoms with Crippen LogP contribution in [0.25, 0.3) is 0 Å². The Balaban J connectivity index is 0.00000264. The van der Waals surface area contributed by atoms with E-state index in [4.69, 9.17) is 4.74 Å². The molecule has 1 aromatic rings. The molecule has 130 valence electrons. The fourth-order valence-electron chi connectivity index (χ4n) is 3.09. The summed E-state index contributed by atoms with van der Waals surface area (Å²) in [6.07, 6.45) is 6.10. The summed E-state index contributed by atoms with van der Waals surface area (Å²) in [4.78, 5) is 14.3. The second kappa shape index (κ2) is 9.14. The smallest absolute Gasteiger partial charge is 0.258 e. The molecule has 1 amide bonds. The maximum absolute atomic E-state index is 12.0. The molecule has 0 spiro atoms. The molecule has 1 aromatic carbocycles. The van der Waals surface area contributed by atoms with Crippen LogP contribution in [0.4, 0.5) is 0 Å². The van der Waals surface area contributed by atoms with Crippen LogP contribution in [0.2, 0.25) is 0 Å². The van der Waals surface area contributed by atoms with Crippen LogP contribution in [0.3, 0.4) is 0 Å². The number of benzene rings is 1. The van der Waals surface area contributed by atoms with Gasteiger partial charge in [-0.2, -0.15) is 0 Å². The van der Waals surface area contributed by atoms with Crippen molar-refractivity contribution in [1.82, 2.24) is 10.2 Å².